The van der Waals surface area contributed by atoms with E-state index < -0.39 is 0 Å². The second-order valence-electron chi connectivity index (χ2n) is 7.34. The lowest BCUT2D eigenvalue weighted by Crippen LogP contribution is -2.38. The van der Waals surface area contributed by atoms with Crippen LogP contribution in [-0.4, -0.2) is 53.4 Å². The van der Waals surface area contributed by atoms with E-state index >= 15 is 0 Å². The minimum absolute atomic E-state index is 0.132. The zero-order chi connectivity index (χ0) is 21.5. The number of hydroxylamine groups is 1. The van der Waals surface area contributed by atoms with E-state index in [4.69, 9.17) is 11.1 Å². The van der Waals surface area contributed by atoms with E-state index in [9.17, 15) is 10.0 Å². The summed E-state index contributed by atoms with van der Waals surface area (Å²) in [7, 11) is 0. The van der Waals surface area contributed by atoms with E-state index in [2.05, 4.69) is 10.3 Å². The quantitative estimate of drug-likeness (QED) is 0.333. The molecule has 0 atom stereocenters. The number of carbonyl (C=O) groups excluding carboxylic acids is 1. The molecule has 0 aliphatic carbocycles. The average molecular weight is 409 g/mol. The number of aliphatic imine (C=N–C) groups is 1. The highest BCUT2D eigenvalue weighted by molar-refractivity contribution is 6.00. The summed E-state index contributed by atoms with van der Waals surface area (Å²) in [4.78, 5) is 19.0. The number of anilines is 2. The Labute approximate surface area is 176 Å². The summed E-state index contributed by atoms with van der Waals surface area (Å²) in [6.45, 7) is 3.23. The van der Waals surface area contributed by atoms with Crippen molar-refractivity contribution in [3.05, 3.63) is 60.2 Å². The third-order valence-electron chi connectivity index (χ3n) is 5.05. The topological polar surface area (TPSA) is 118 Å². The molecular weight excluding hydrogens is 380 g/mol. The van der Waals surface area contributed by atoms with Gasteiger partial charge in [-0.15, -0.1) is 0 Å². The normalized spacial score (nSPS) is 15.0. The molecule has 8 nitrogen and oxygen atoms in total. The molecule has 30 heavy (non-hydrogen) atoms. The number of amidine groups is 2. The smallest absolute Gasteiger partial charge is 0.246 e. The summed E-state index contributed by atoms with van der Waals surface area (Å²) in [6, 6.07) is 16.2. The van der Waals surface area contributed by atoms with Crippen molar-refractivity contribution in [3.8, 4) is 0 Å². The molecule has 0 radical (unpaired) electrons. The maximum atomic E-state index is 12.3. The number of hydrogen-bond acceptors (Lipinski definition) is 5. The van der Waals surface area contributed by atoms with Crippen LogP contribution >= 0.6 is 0 Å². The summed E-state index contributed by atoms with van der Waals surface area (Å²) in [5.74, 6) is 0.676. The highest BCUT2D eigenvalue weighted by atomic mass is 16.5. The molecule has 1 amide bonds. The predicted molar refractivity (Wildman–Crippen MR) is 119 cm³/mol. The van der Waals surface area contributed by atoms with E-state index in [1.165, 1.54) is 0 Å². The van der Waals surface area contributed by atoms with Crippen LogP contribution in [0.5, 0.6) is 0 Å². The molecule has 1 saturated heterocycles. The molecular formula is C22H28N6O2. The molecule has 0 spiro atoms. The largest absolute Gasteiger partial charge is 0.383 e. The summed E-state index contributed by atoms with van der Waals surface area (Å²) in [5.41, 5.74) is 8.08. The first-order valence-corrected chi connectivity index (χ1v) is 9.97. The Morgan fingerprint density at radius 2 is 1.93 bits per heavy atom. The molecule has 3 rings (SSSR count). The van der Waals surface area contributed by atoms with Crippen LogP contribution in [0.4, 0.5) is 11.4 Å². The van der Waals surface area contributed by atoms with Crippen LogP contribution in [0.15, 0.2) is 59.6 Å². The van der Waals surface area contributed by atoms with Crippen LogP contribution in [0.25, 0.3) is 0 Å². The first kappa shape index (κ1) is 21.3. The third-order valence-corrected chi connectivity index (χ3v) is 5.05. The Balaban J connectivity index is 1.58. The molecule has 0 aromatic heterocycles. The van der Waals surface area contributed by atoms with Gasteiger partial charge >= 0.3 is 0 Å². The Morgan fingerprint density at radius 3 is 2.60 bits per heavy atom. The van der Waals surface area contributed by atoms with Crippen LogP contribution in [0.3, 0.4) is 0 Å². The van der Waals surface area contributed by atoms with Crippen molar-refractivity contribution in [2.24, 2.45) is 10.7 Å². The summed E-state index contributed by atoms with van der Waals surface area (Å²) in [6.07, 6.45) is 1.72. The van der Waals surface area contributed by atoms with Gasteiger partial charge in [-0.1, -0.05) is 30.3 Å². The van der Waals surface area contributed by atoms with Gasteiger partial charge in [-0.05, 0) is 44.0 Å². The van der Waals surface area contributed by atoms with Gasteiger partial charge < -0.3 is 16.0 Å². The lowest BCUT2D eigenvalue weighted by Gasteiger charge is -2.31. The van der Waals surface area contributed by atoms with E-state index in [1.807, 2.05) is 23.1 Å². The first-order chi connectivity index (χ1) is 14.4. The van der Waals surface area contributed by atoms with Gasteiger partial charge in [0, 0.05) is 24.3 Å². The molecule has 1 aliphatic heterocycles. The SMILES string of the molecule is CC(=N)N1CCC(N=C(N)c2cccc(NC(=O)CN(O)c3ccccc3)c2)CC1. The molecule has 2 aromatic rings. The molecule has 2 aromatic carbocycles. The summed E-state index contributed by atoms with van der Waals surface area (Å²) in [5, 5.41) is 21.5. The van der Waals surface area contributed by atoms with Gasteiger partial charge in [0.25, 0.3) is 0 Å². The van der Waals surface area contributed by atoms with Gasteiger partial charge in [0.15, 0.2) is 0 Å². The minimum Gasteiger partial charge on any atom is -0.383 e. The summed E-state index contributed by atoms with van der Waals surface area (Å²) >= 11 is 0. The predicted octanol–water partition coefficient (Wildman–Crippen LogP) is 2.69. The van der Waals surface area contributed by atoms with Crippen LogP contribution in [0, 0.1) is 5.41 Å². The zero-order valence-electron chi connectivity index (χ0n) is 17.1. The number of likely N-dealkylation sites (tertiary alicyclic amines) is 1. The molecule has 1 fully saturated rings. The number of benzene rings is 2. The fourth-order valence-electron chi connectivity index (χ4n) is 3.39. The first-order valence-electron chi connectivity index (χ1n) is 9.97. The summed E-state index contributed by atoms with van der Waals surface area (Å²) < 4.78 is 0. The molecule has 1 aliphatic rings. The second kappa shape index (κ2) is 9.89. The Hall–Kier alpha value is -3.39. The standard InChI is InChI=1S/C22H28N6O2/c1-16(23)27-12-10-18(11-13-27)26-22(24)17-6-5-7-19(14-17)25-21(29)15-28(30)20-8-3-2-4-9-20/h2-9,14,18,23,30H,10-13,15H2,1H3,(H2,24,26)(H,25,29). The van der Waals surface area contributed by atoms with Gasteiger partial charge in [-0.25, -0.2) is 5.06 Å². The van der Waals surface area contributed by atoms with Gasteiger partial charge in [-0.2, -0.15) is 0 Å². The maximum absolute atomic E-state index is 12.3. The highest BCUT2D eigenvalue weighted by Crippen LogP contribution is 2.16. The van der Waals surface area contributed by atoms with Crippen LogP contribution in [-0.2, 0) is 4.79 Å². The number of amides is 1. The van der Waals surface area contributed by atoms with E-state index in [1.54, 1.807) is 43.3 Å². The fourth-order valence-corrected chi connectivity index (χ4v) is 3.39. The van der Waals surface area contributed by atoms with Gasteiger partial charge in [0.05, 0.1) is 17.6 Å². The van der Waals surface area contributed by atoms with Crippen molar-refractivity contribution in [2.75, 3.05) is 30.0 Å². The zero-order valence-corrected chi connectivity index (χ0v) is 17.1. The molecule has 1 heterocycles. The van der Waals surface area contributed by atoms with Gasteiger partial charge in [0.1, 0.15) is 12.4 Å². The van der Waals surface area contributed by atoms with Crippen molar-refractivity contribution in [2.45, 2.75) is 25.8 Å². The highest BCUT2D eigenvalue weighted by Gasteiger charge is 2.19. The lowest BCUT2D eigenvalue weighted by atomic mass is 10.1. The van der Waals surface area contributed by atoms with Crippen LogP contribution < -0.4 is 16.1 Å². The lowest BCUT2D eigenvalue weighted by molar-refractivity contribution is -0.115. The molecule has 158 valence electrons. The molecule has 5 N–H and O–H groups in total. The molecule has 0 unspecified atom stereocenters. The monoisotopic (exact) mass is 408 g/mol. The molecule has 0 saturated carbocycles. The maximum Gasteiger partial charge on any atom is 0.246 e. The Kier molecular flexibility index (Phi) is 7.03. The molecule has 0 bridgehead atoms. The van der Waals surface area contributed by atoms with Crippen molar-refractivity contribution < 1.29 is 10.0 Å². The van der Waals surface area contributed by atoms with Crippen molar-refractivity contribution in [3.63, 3.8) is 0 Å². The average Bonchev–Trinajstić information content (AvgIpc) is 2.74. The van der Waals surface area contributed by atoms with E-state index in [-0.39, 0.29) is 18.5 Å². The number of nitrogens with two attached hydrogens (primary N) is 1. The van der Waals surface area contributed by atoms with Crippen LogP contribution in [0.1, 0.15) is 25.3 Å². The fraction of sp³-hybridized carbons (Fsp3) is 0.318. The minimum atomic E-state index is -0.344. The number of rotatable bonds is 6. The van der Waals surface area contributed by atoms with Gasteiger partial charge in [0.2, 0.25) is 5.91 Å². The number of piperidine rings is 1. The van der Waals surface area contributed by atoms with Crippen molar-refractivity contribution in [1.82, 2.24) is 4.90 Å². The van der Waals surface area contributed by atoms with E-state index in [0.29, 0.717) is 23.0 Å². The number of carbonyl (C=O) groups is 1. The third kappa shape index (κ3) is 5.81. The Bertz CT molecular complexity index is 907. The van der Waals surface area contributed by atoms with Crippen molar-refractivity contribution in [1.29, 1.82) is 5.41 Å². The Morgan fingerprint density at radius 1 is 1.23 bits per heavy atom. The molecule has 8 heteroatoms. The van der Waals surface area contributed by atoms with Crippen LogP contribution in [0.2, 0.25) is 0 Å². The second-order valence-corrected chi connectivity index (χ2v) is 7.34. The number of para-hydroxylation sites is 1. The van der Waals surface area contributed by atoms with Crippen molar-refractivity contribution >= 4 is 29.0 Å². The van der Waals surface area contributed by atoms with E-state index in [0.717, 1.165) is 36.6 Å². The number of hydrogen-bond donors (Lipinski definition) is 4. The number of nitrogens with zero attached hydrogens (tertiary/aromatic N) is 3. The van der Waals surface area contributed by atoms with Gasteiger partial charge in [-0.3, -0.25) is 20.4 Å². The number of nitrogens with one attached hydrogen (secondary N) is 2.